The highest BCUT2D eigenvalue weighted by atomic mass is 79.9. The molecule has 0 unspecified atom stereocenters. The Labute approximate surface area is 75.2 Å². The van der Waals surface area contributed by atoms with E-state index in [9.17, 15) is 4.79 Å². The van der Waals surface area contributed by atoms with E-state index in [1.807, 2.05) is 0 Å². The summed E-state index contributed by atoms with van der Waals surface area (Å²) >= 11 is 3.09. The molecule has 62 valence electrons. The Balaban J connectivity index is 2.84. The zero-order chi connectivity index (χ0) is 8.72. The Bertz CT molecular complexity index is 445. The molecule has 2 aromatic heterocycles. The Morgan fingerprint density at radius 1 is 1.75 bits per heavy atom. The minimum Gasteiger partial charge on any atom is -0.476 e. The maximum Gasteiger partial charge on any atom is 0.355 e. The summed E-state index contributed by atoms with van der Waals surface area (Å²) in [5.74, 6) is -0.481. The molecule has 0 saturated heterocycles. The molecule has 2 N–H and O–H groups in total. The second kappa shape index (κ2) is 2.34. The number of hydrogen-bond donors (Lipinski definition) is 2. The van der Waals surface area contributed by atoms with Gasteiger partial charge in [0.2, 0.25) is 5.78 Å². The summed E-state index contributed by atoms with van der Waals surface area (Å²) < 4.78 is 1.89. The highest BCUT2D eigenvalue weighted by molar-refractivity contribution is 9.10. The molecular weight excluding hydrogens is 226 g/mol. The standard InChI is InChI=1S/C6H4BrN3O2/c7-4-3(5(11)12)10-2-1-8-6(10)9-4/h1-2H,(H,8,9)(H,11,12). The van der Waals surface area contributed by atoms with Crippen LogP contribution in [0.15, 0.2) is 17.0 Å². The van der Waals surface area contributed by atoms with E-state index < -0.39 is 5.97 Å². The van der Waals surface area contributed by atoms with Crippen LogP contribution in [0.2, 0.25) is 0 Å². The first kappa shape index (κ1) is 7.35. The molecule has 0 aromatic carbocycles. The Morgan fingerprint density at radius 2 is 2.50 bits per heavy atom. The molecule has 0 amide bonds. The van der Waals surface area contributed by atoms with Crippen molar-refractivity contribution in [3.8, 4) is 0 Å². The number of carboxylic acids is 1. The van der Waals surface area contributed by atoms with Gasteiger partial charge in [0.1, 0.15) is 4.60 Å². The van der Waals surface area contributed by atoms with Gasteiger partial charge in [-0.1, -0.05) is 0 Å². The van der Waals surface area contributed by atoms with Gasteiger partial charge in [-0.2, -0.15) is 0 Å². The first-order chi connectivity index (χ1) is 5.70. The summed E-state index contributed by atoms with van der Waals surface area (Å²) in [5.41, 5.74) is 0.155. The van der Waals surface area contributed by atoms with Crippen LogP contribution in [0.5, 0.6) is 0 Å². The quantitative estimate of drug-likeness (QED) is 0.771. The van der Waals surface area contributed by atoms with E-state index in [1.165, 1.54) is 10.6 Å². The number of carbonyl (C=O) groups is 1. The number of nitrogens with zero attached hydrogens (tertiary/aromatic N) is 2. The number of aromatic nitrogens is 3. The van der Waals surface area contributed by atoms with Gasteiger partial charge in [0.15, 0.2) is 5.69 Å². The Hall–Kier alpha value is -1.30. The average molecular weight is 230 g/mol. The van der Waals surface area contributed by atoms with E-state index in [0.717, 1.165) is 0 Å². The topological polar surface area (TPSA) is 70.4 Å². The lowest BCUT2D eigenvalue weighted by Gasteiger charge is -1.89. The molecule has 0 spiro atoms. The first-order valence-electron chi connectivity index (χ1n) is 3.14. The number of aromatic amines is 1. The third kappa shape index (κ3) is 0.845. The minimum absolute atomic E-state index is 0.155. The molecule has 0 fully saturated rings. The van der Waals surface area contributed by atoms with E-state index in [0.29, 0.717) is 10.4 Å². The number of halogens is 1. The molecule has 0 bridgehead atoms. The maximum atomic E-state index is 10.7. The smallest absolute Gasteiger partial charge is 0.355 e. The molecule has 0 radical (unpaired) electrons. The summed E-state index contributed by atoms with van der Waals surface area (Å²) in [6.07, 6.45) is 3.12. The fraction of sp³-hybridized carbons (Fsp3) is 0. The van der Waals surface area contributed by atoms with Crippen molar-refractivity contribution in [3.05, 3.63) is 22.7 Å². The number of H-pyrrole nitrogens is 1. The van der Waals surface area contributed by atoms with Gasteiger partial charge in [0.25, 0.3) is 0 Å². The second-order valence-corrected chi connectivity index (χ2v) is 3.01. The van der Waals surface area contributed by atoms with Gasteiger partial charge in [0.05, 0.1) is 0 Å². The van der Waals surface area contributed by atoms with E-state index in [4.69, 9.17) is 5.11 Å². The second-order valence-electron chi connectivity index (χ2n) is 2.21. The third-order valence-electron chi connectivity index (χ3n) is 1.51. The SMILES string of the molecule is O=C(O)c1c(Br)[nH]c2nccn12. The number of hydrogen-bond acceptors (Lipinski definition) is 2. The van der Waals surface area contributed by atoms with Crippen molar-refractivity contribution in [3.63, 3.8) is 0 Å². The van der Waals surface area contributed by atoms with E-state index in [2.05, 4.69) is 25.9 Å². The molecule has 0 aliphatic rings. The lowest BCUT2D eigenvalue weighted by Crippen LogP contribution is -2.00. The van der Waals surface area contributed by atoms with Crippen molar-refractivity contribution in [1.29, 1.82) is 0 Å². The van der Waals surface area contributed by atoms with Crippen LogP contribution in [-0.2, 0) is 0 Å². The minimum atomic E-state index is -0.994. The van der Waals surface area contributed by atoms with Crippen molar-refractivity contribution in [2.75, 3.05) is 0 Å². The van der Waals surface area contributed by atoms with Crippen molar-refractivity contribution in [1.82, 2.24) is 14.4 Å². The number of rotatable bonds is 1. The fourth-order valence-corrected chi connectivity index (χ4v) is 1.57. The zero-order valence-corrected chi connectivity index (χ0v) is 7.37. The van der Waals surface area contributed by atoms with Crippen LogP contribution in [0.4, 0.5) is 0 Å². The van der Waals surface area contributed by atoms with E-state index in [1.54, 1.807) is 6.20 Å². The molecule has 0 saturated carbocycles. The van der Waals surface area contributed by atoms with Crippen molar-refractivity contribution >= 4 is 27.7 Å². The van der Waals surface area contributed by atoms with Gasteiger partial charge in [-0.3, -0.25) is 4.40 Å². The largest absolute Gasteiger partial charge is 0.476 e. The molecule has 2 aromatic rings. The summed E-state index contributed by atoms with van der Waals surface area (Å²) in [6.45, 7) is 0. The van der Waals surface area contributed by atoms with E-state index >= 15 is 0 Å². The molecule has 0 atom stereocenters. The zero-order valence-electron chi connectivity index (χ0n) is 5.78. The van der Waals surface area contributed by atoms with Gasteiger partial charge in [0, 0.05) is 12.4 Å². The van der Waals surface area contributed by atoms with Crippen LogP contribution in [0.3, 0.4) is 0 Å². The van der Waals surface area contributed by atoms with Crippen LogP contribution in [0.1, 0.15) is 10.5 Å². The van der Waals surface area contributed by atoms with Gasteiger partial charge >= 0.3 is 5.97 Å². The van der Waals surface area contributed by atoms with Gasteiger partial charge in [-0.25, -0.2) is 9.78 Å². The number of carboxylic acid groups (broad SMARTS) is 1. The molecule has 12 heavy (non-hydrogen) atoms. The van der Waals surface area contributed by atoms with Crippen LogP contribution in [0, 0.1) is 0 Å². The molecule has 0 aliphatic carbocycles. The third-order valence-corrected chi connectivity index (χ3v) is 2.09. The van der Waals surface area contributed by atoms with Crippen LogP contribution in [0.25, 0.3) is 5.78 Å². The van der Waals surface area contributed by atoms with Crippen LogP contribution >= 0.6 is 15.9 Å². The van der Waals surface area contributed by atoms with Crippen LogP contribution in [-0.4, -0.2) is 25.4 Å². The molecule has 6 heteroatoms. The molecular formula is C6H4BrN3O2. The molecule has 0 aliphatic heterocycles. The molecule has 2 rings (SSSR count). The highest BCUT2D eigenvalue weighted by Gasteiger charge is 2.15. The molecule has 5 nitrogen and oxygen atoms in total. The lowest BCUT2D eigenvalue weighted by atomic mass is 10.5. The number of aromatic carboxylic acids is 1. The number of imidazole rings is 2. The monoisotopic (exact) mass is 229 g/mol. The summed E-state index contributed by atoms with van der Waals surface area (Å²) in [4.78, 5) is 17.4. The van der Waals surface area contributed by atoms with Crippen molar-refractivity contribution < 1.29 is 9.90 Å². The number of nitrogens with one attached hydrogen (secondary N) is 1. The Kier molecular flexibility index (Phi) is 1.44. The van der Waals surface area contributed by atoms with Gasteiger partial charge in [-0.05, 0) is 15.9 Å². The van der Waals surface area contributed by atoms with Gasteiger partial charge in [-0.15, -0.1) is 0 Å². The predicted octanol–water partition coefficient (Wildman–Crippen LogP) is 1.12. The summed E-state index contributed by atoms with van der Waals surface area (Å²) in [7, 11) is 0. The van der Waals surface area contributed by atoms with Crippen LogP contribution < -0.4 is 0 Å². The van der Waals surface area contributed by atoms with E-state index in [-0.39, 0.29) is 5.69 Å². The average Bonchev–Trinajstić information content (AvgIpc) is 2.44. The highest BCUT2D eigenvalue weighted by Crippen LogP contribution is 2.16. The molecule has 2 heterocycles. The summed E-state index contributed by atoms with van der Waals surface area (Å²) in [6, 6.07) is 0. The van der Waals surface area contributed by atoms with Crippen molar-refractivity contribution in [2.24, 2.45) is 0 Å². The Morgan fingerprint density at radius 3 is 3.17 bits per heavy atom. The predicted molar refractivity (Wildman–Crippen MR) is 44.2 cm³/mol. The normalized spacial score (nSPS) is 10.8. The summed E-state index contributed by atoms with van der Waals surface area (Å²) in [5, 5.41) is 8.77. The fourth-order valence-electron chi connectivity index (χ4n) is 1.04. The first-order valence-corrected chi connectivity index (χ1v) is 3.93. The number of fused-ring (bicyclic) bond motifs is 1. The van der Waals surface area contributed by atoms with Crippen molar-refractivity contribution in [2.45, 2.75) is 0 Å². The van der Waals surface area contributed by atoms with Gasteiger partial charge < -0.3 is 10.1 Å². The lowest BCUT2D eigenvalue weighted by molar-refractivity contribution is 0.0688. The maximum absolute atomic E-state index is 10.7.